The summed E-state index contributed by atoms with van der Waals surface area (Å²) in [5.74, 6) is -0.918. The summed E-state index contributed by atoms with van der Waals surface area (Å²) in [7, 11) is 3.01. The minimum Gasteiger partial charge on any atom is -0.493 e. The Morgan fingerprint density at radius 1 is 1.00 bits per heavy atom. The number of hydrogen-bond donors (Lipinski definition) is 0. The van der Waals surface area contributed by atoms with Crippen LogP contribution in [0.5, 0.6) is 11.5 Å². The van der Waals surface area contributed by atoms with Crippen LogP contribution in [0.2, 0.25) is 0 Å². The van der Waals surface area contributed by atoms with Crippen molar-refractivity contribution in [1.82, 2.24) is 4.90 Å². The van der Waals surface area contributed by atoms with Crippen molar-refractivity contribution in [3.8, 4) is 17.6 Å². The van der Waals surface area contributed by atoms with Crippen LogP contribution in [-0.4, -0.2) is 48.6 Å². The van der Waals surface area contributed by atoms with E-state index in [4.69, 9.17) is 9.47 Å². The van der Waals surface area contributed by atoms with E-state index in [9.17, 15) is 19.6 Å². The number of carbonyl (C=O) groups is 3. The summed E-state index contributed by atoms with van der Waals surface area (Å²) in [6, 6.07) is 12.5. The Labute approximate surface area is 216 Å². The van der Waals surface area contributed by atoms with Crippen LogP contribution in [0.15, 0.2) is 66.4 Å². The smallest absolute Gasteiger partial charge is 0.180 e. The van der Waals surface area contributed by atoms with E-state index >= 15 is 0 Å². The van der Waals surface area contributed by atoms with Crippen molar-refractivity contribution in [1.29, 1.82) is 5.26 Å². The minimum absolute atomic E-state index is 0.148. The first-order valence-electron chi connectivity index (χ1n) is 12.1. The molecule has 0 N–H and O–H groups in total. The molecule has 0 saturated carbocycles. The Bertz CT molecular complexity index is 1400. The third-order valence-electron chi connectivity index (χ3n) is 7.73. The zero-order valence-corrected chi connectivity index (χ0v) is 21.4. The number of carbonyl (C=O) groups excluding carboxylic acids is 3. The topological polar surface area (TPSA) is 96.7 Å². The van der Waals surface area contributed by atoms with E-state index in [-0.39, 0.29) is 17.3 Å². The molecule has 2 heterocycles. The standard InChI is InChI=1S/C30H28N2O5/c1-29(2,3)28(35)24-23(20-11-8-12-21(36-4)25(20)37-5)30(22-14-13-17(15-31)16-32(22)24)26(33)18-9-6-7-10-19(18)27(30)34/h6-14,16,22-24H,1-5H3/t22-,23+,24-/m0/s1. The van der Waals surface area contributed by atoms with Crippen LogP contribution in [0.4, 0.5) is 0 Å². The van der Waals surface area contributed by atoms with Crippen molar-refractivity contribution < 1.29 is 23.9 Å². The third kappa shape index (κ3) is 3.21. The lowest BCUT2D eigenvalue weighted by Crippen LogP contribution is -2.47. The van der Waals surface area contributed by atoms with Crippen molar-refractivity contribution in [2.45, 2.75) is 38.8 Å². The van der Waals surface area contributed by atoms with Gasteiger partial charge in [-0.1, -0.05) is 63.2 Å². The quantitative estimate of drug-likeness (QED) is 0.575. The molecule has 2 aromatic rings. The zero-order valence-electron chi connectivity index (χ0n) is 21.4. The van der Waals surface area contributed by atoms with Crippen molar-refractivity contribution >= 4 is 17.3 Å². The summed E-state index contributed by atoms with van der Waals surface area (Å²) >= 11 is 0. The van der Waals surface area contributed by atoms with Gasteiger partial charge in [0.1, 0.15) is 11.5 Å². The van der Waals surface area contributed by atoms with Gasteiger partial charge in [-0.25, -0.2) is 0 Å². The summed E-state index contributed by atoms with van der Waals surface area (Å²) in [6.07, 6.45) is 4.95. The van der Waals surface area contributed by atoms with E-state index in [0.717, 1.165) is 0 Å². The second kappa shape index (κ2) is 8.45. The first kappa shape index (κ1) is 24.5. The molecule has 0 aromatic heterocycles. The van der Waals surface area contributed by atoms with Crippen LogP contribution in [0.3, 0.4) is 0 Å². The number of ketones is 3. The molecule has 1 fully saturated rings. The van der Waals surface area contributed by atoms with Gasteiger partial charge >= 0.3 is 0 Å². The van der Waals surface area contributed by atoms with Crippen molar-refractivity contribution in [2.75, 3.05) is 14.2 Å². The average molecular weight is 497 g/mol. The van der Waals surface area contributed by atoms with Crippen molar-refractivity contribution in [2.24, 2.45) is 10.8 Å². The van der Waals surface area contributed by atoms with Crippen LogP contribution in [-0.2, 0) is 4.79 Å². The number of para-hydroxylation sites is 1. The highest BCUT2D eigenvalue weighted by molar-refractivity contribution is 6.31. The maximum Gasteiger partial charge on any atom is 0.180 e. The highest BCUT2D eigenvalue weighted by Gasteiger charge is 2.71. The Hall–Kier alpha value is -4.18. The lowest BCUT2D eigenvalue weighted by atomic mass is 9.63. The number of methoxy groups -OCH3 is 2. The first-order valence-corrected chi connectivity index (χ1v) is 12.1. The molecule has 0 amide bonds. The van der Waals surface area contributed by atoms with E-state index < -0.39 is 28.8 Å². The summed E-state index contributed by atoms with van der Waals surface area (Å²) < 4.78 is 11.3. The fraction of sp³-hybridized carbons (Fsp3) is 0.333. The molecule has 2 aliphatic heterocycles. The molecule has 2 aromatic carbocycles. The van der Waals surface area contributed by atoms with Crippen LogP contribution in [0, 0.1) is 22.2 Å². The normalized spacial score (nSPS) is 23.4. The summed E-state index contributed by atoms with van der Waals surface area (Å²) in [5.41, 5.74) is -0.883. The Morgan fingerprint density at radius 3 is 2.19 bits per heavy atom. The molecule has 0 radical (unpaired) electrons. The van der Waals surface area contributed by atoms with Gasteiger partial charge in [-0.05, 0) is 12.1 Å². The van der Waals surface area contributed by atoms with Gasteiger partial charge in [0.05, 0.1) is 31.9 Å². The summed E-state index contributed by atoms with van der Waals surface area (Å²) in [4.78, 5) is 44.8. The molecular formula is C30H28N2O5. The Morgan fingerprint density at radius 2 is 1.65 bits per heavy atom. The van der Waals surface area contributed by atoms with Gasteiger partial charge in [-0.2, -0.15) is 5.26 Å². The van der Waals surface area contributed by atoms with Crippen LogP contribution in [0.25, 0.3) is 0 Å². The third-order valence-corrected chi connectivity index (χ3v) is 7.73. The van der Waals surface area contributed by atoms with E-state index in [2.05, 4.69) is 6.07 Å². The maximum absolute atomic E-state index is 14.4. The lowest BCUT2D eigenvalue weighted by Gasteiger charge is -2.34. The van der Waals surface area contributed by atoms with Gasteiger partial charge in [0.25, 0.3) is 0 Å². The molecule has 0 bridgehead atoms. The number of hydrogen-bond acceptors (Lipinski definition) is 7. The lowest BCUT2D eigenvalue weighted by molar-refractivity contribution is -0.130. The van der Waals surface area contributed by atoms with Gasteiger partial charge < -0.3 is 14.4 Å². The SMILES string of the molecule is COc1cccc([C@@H]2[C@@H](C(=O)C(C)(C)C)N3C=C(C#N)C=C[C@H]3C23C(=O)c2ccccc2C3=O)c1OC. The largest absolute Gasteiger partial charge is 0.493 e. The van der Waals surface area contributed by atoms with E-state index in [1.54, 1.807) is 65.7 Å². The molecule has 188 valence electrons. The van der Waals surface area contributed by atoms with Gasteiger partial charge in [0.15, 0.2) is 28.8 Å². The zero-order chi connectivity index (χ0) is 26.7. The number of Topliss-reactive ketones (excluding diaryl/α,β-unsaturated/α-hetero) is 3. The number of allylic oxidation sites excluding steroid dienone is 2. The van der Waals surface area contributed by atoms with Gasteiger partial charge in [-0.3, -0.25) is 14.4 Å². The van der Waals surface area contributed by atoms with Crippen LogP contribution < -0.4 is 9.47 Å². The fourth-order valence-corrected chi connectivity index (χ4v) is 6.17. The summed E-state index contributed by atoms with van der Waals surface area (Å²) in [6.45, 7) is 5.45. The number of ether oxygens (including phenoxy) is 2. The minimum atomic E-state index is -1.64. The molecule has 1 spiro atoms. The molecule has 3 aliphatic rings. The molecule has 0 unspecified atom stereocenters. The Kier molecular flexibility index (Phi) is 5.60. The van der Waals surface area contributed by atoms with E-state index in [1.807, 2.05) is 20.8 Å². The second-order valence-electron chi connectivity index (χ2n) is 10.6. The molecule has 7 heteroatoms. The van der Waals surface area contributed by atoms with Gasteiger partial charge in [-0.15, -0.1) is 0 Å². The Balaban J connectivity index is 1.89. The molecule has 5 rings (SSSR count). The number of nitriles is 1. The number of benzene rings is 2. The average Bonchev–Trinajstić information content (AvgIpc) is 3.32. The molecule has 37 heavy (non-hydrogen) atoms. The predicted octanol–water partition coefficient (Wildman–Crippen LogP) is 4.50. The molecular weight excluding hydrogens is 468 g/mol. The van der Waals surface area contributed by atoms with Crippen LogP contribution >= 0.6 is 0 Å². The summed E-state index contributed by atoms with van der Waals surface area (Å²) in [5, 5.41) is 9.68. The molecule has 1 saturated heterocycles. The van der Waals surface area contributed by atoms with Crippen molar-refractivity contribution in [3.05, 3.63) is 83.1 Å². The number of rotatable bonds is 4. The maximum atomic E-state index is 14.4. The molecule has 3 atom stereocenters. The van der Waals surface area contributed by atoms with Gasteiger partial charge in [0, 0.05) is 34.2 Å². The monoisotopic (exact) mass is 496 g/mol. The highest BCUT2D eigenvalue weighted by atomic mass is 16.5. The first-order chi connectivity index (χ1) is 17.6. The second-order valence-corrected chi connectivity index (χ2v) is 10.6. The number of nitrogens with zero attached hydrogens (tertiary/aromatic N) is 2. The predicted molar refractivity (Wildman–Crippen MR) is 137 cm³/mol. The van der Waals surface area contributed by atoms with Gasteiger partial charge in [0.2, 0.25) is 0 Å². The van der Waals surface area contributed by atoms with Crippen molar-refractivity contribution in [3.63, 3.8) is 0 Å². The highest BCUT2D eigenvalue weighted by Crippen LogP contribution is 2.61. The fourth-order valence-electron chi connectivity index (χ4n) is 6.17. The molecule has 1 aliphatic carbocycles. The van der Waals surface area contributed by atoms with E-state index in [1.165, 1.54) is 14.2 Å². The van der Waals surface area contributed by atoms with Crippen LogP contribution in [0.1, 0.15) is 53.0 Å². The van der Waals surface area contributed by atoms with E-state index in [0.29, 0.717) is 33.8 Å². The molecule has 7 nitrogen and oxygen atoms in total. The number of fused-ring (bicyclic) bond motifs is 3.